The monoisotopic (exact) mass is 183 g/mol. The highest BCUT2D eigenvalue weighted by molar-refractivity contribution is 4.79. The Balaban J connectivity index is 1.71. The van der Waals surface area contributed by atoms with Crippen LogP contribution >= 0.6 is 0 Å². The van der Waals surface area contributed by atoms with E-state index in [4.69, 9.17) is 4.74 Å². The largest absolute Gasteiger partial charge is 0.372 e. The first kappa shape index (κ1) is 9.47. The molecule has 0 spiro atoms. The maximum atomic E-state index is 6.00. The molecule has 1 aliphatic heterocycles. The van der Waals surface area contributed by atoms with Crippen LogP contribution < -0.4 is 5.32 Å². The lowest BCUT2D eigenvalue weighted by molar-refractivity contribution is -0.0609. The molecular weight excluding hydrogens is 162 g/mol. The van der Waals surface area contributed by atoms with Crippen LogP contribution in [0.4, 0.5) is 0 Å². The van der Waals surface area contributed by atoms with Crippen LogP contribution in [0.3, 0.4) is 0 Å². The van der Waals surface area contributed by atoms with Crippen LogP contribution in [0.15, 0.2) is 0 Å². The fraction of sp³-hybridized carbons (Fsp3) is 1.00. The number of rotatable bonds is 3. The normalized spacial score (nSPS) is 35.8. The molecular formula is C11H21NO. The Morgan fingerprint density at radius 3 is 2.69 bits per heavy atom. The molecule has 1 aliphatic carbocycles. The van der Waals surface area contributed by atoms with E-state index in [0.29, 0.717) is 12.2 Å². The Hall–Kier alpha value is -0.0800. The van der Waals surface area contributed by atoms with Crippen molar-refractivity contribution in [2.45, 2.75) is 51.2 Å². The second-order valence-corrected chi connectivity index (χ2v) is 4.48. The van der Waals surface area contributed by atoms with Gasteiger partial charge < -0.3 is 10.1 Å². The molecule has 2 aliphatic rings. The molecule has 2 fully saturated rings. The van der Waals surface area contributed by atoms with Crippen LogP contribution in [0.25, 0.3) is 0 Å². The fourth-order valence-corrected chi connectivity index (χ4v) is 2.37. The van der Waals surface area contributed by atoms with Crippen molar-refractivity contribution in [3.63, 3.8) is 0 Å². The molecule has 2 unspecified atom stereocenters. The minimum atomic E-state index is 0.528. The van der Waals surface area contributed by atoms with Crippen molar-refractivity contribution in [3.05, 3.63) is 0 Å². The summed E-state index contributed by atoms with van der Waals surface area (Å²) in [4.78, 5) is 0. The SMILES string of the molecule is CCC1CCCC(OC2CNC2)C1. The van der Waals surface area contributed by atoms with E-state index in [-0.39, 0.29) is 0 Å². The second kappa shape index (κ2) is 4.43. The summed E-state index contributed by atoms with van der Waals surface area (Å²) in [5.74, 6) is 0.937. The maximum absolute atomic E-state index is 6.00. The molecule has 0 aromatic heterocycles. The van der Waals surface area contributed by atoms with Crippen molar-refractivity contribution in [1.82, 2.24) is 5.32 Å². The lowest BCUT2D eigenvalue weighted by Crippen LogP contribution is -2.50. The third-order valence-corrected chi connectivity index (χ3v) is 3.44. The van der Waals surface area contributed by atoms with Crippen LogP contribution in [0.5, 0.6) is 0 Å². The van der Waals surface area contributed by atoms with E-state index < -0.39 is 0 Å². The van der Waals surface area contributed by atoms with E-state index in [0.717, 1.165) is 19.0 Å². The number of nitrogens with one attached hydrogen (secondary N) is 1. The molecule has 1 heterocycles. The van der Waals surface area contributed by atoms with E-state index in [1.165, 1.54) is 32.1 Å². The molecule has 0 bridgehead atoms. The number of hydrogen-bond acceptors (Lipinski definition) is 2. The van der Waals surface area contributed by atoms with E-state index in [9.17, 15) is 0 Å². The molecule has 1 saturated carbocycles. The van der Waals surface area contributed by atoms with Gasteiger partial charge in [0.25, 0.3) is 0 Å². The average Bonchev–Trinajstić information content (AvgIpc) is 2.12. The lowest BCUT2D eigenvalue weighted by atomic mass is 9.85. The van der Waals surface area contributed by atoms with Gasteiger partial charge in [-0.25, -0.2) is 0 Å². The van der Waals surface area contributed by atoms with Gasteiger partial charge in [-0.05, 0) is 18.8 Å². The van der Waals surface area contributed by atoms with Crippen LogP contribution in [0, 0.1) is 5.92 Å². The Morgan fingerprint density at radius 2 is 2.08 bits per heavy atom. The van der Waals surface area contributed by atoms with Gasteiger partial charge in [0.1, 0.15) is 0 Å². The van der Waals surface area contributed by atoms with Crippen LogP contribution in [0.2, 0.25) is 0 Å². The fourth-order valence-electron chi connectivity index (χ4n) is 2.37. The topological polar surface area (TPSA) is 21.3 Å². The van der Waals surface area contributed by atoms with Gasteiger partial charge >= 0.3 is 0 Å². The van der Waals surface area contributed by atoms with Gasteiger partial charge in [-0.3, -0.25) is 0 Å². The summed E-state index contributed by atoms with van der Waals surface area (Å²) in [6, 6.07) is 0. The maximum Gasteiger partial charge on any atom is 0.0827 e. The first-order chi connectivity index (χ1) is 6.38. The molecule has 0 aromatic carbocycles. The summed E-state index contributed by atoms with van der Waals surface area (Å²) in [7, 11) is 0. The van der Waals surface area contributed by atoms with E-state index in [2.05, 4.69) is 12.2 Å². The van der Waals surface area contributed by atoms with Gasteiger partial charge in [-0.1, -0.05) is 26.2 Å². The van der Waals surface area contributed by atoms with E-state index in [1.54, 1.807) is 0 Å². The van der Waals surface area contributed by atoms with Crippen molar-refractivity contribution in [3.8, 4) is 0 Å². The zero-order valence-electron chi connectivity index (χ0n) is 8.59. The zero-order chi connectivity index (χ0) is 9.10. The number of ether oxygens (including phenoxy) is 1. The lowest BCUT2D eigenvalue weighted by Gasteiger charge is -2.35. The first-order valence-corrected chi connectivity index (χ1v) is 5.74. The van der Waals surface area contributed by atoms with E-state index >= 15 is 0 Å². The zero-order valence-corrected chi connectivity index (χ0v) is 8.59. The van der Waals surface area contributed by atoms with Crippen molar-refractivity contribution in [1.29, 1.82) is 0 Å². The quantitative estimate of drug-likeness (QED) is 0.722. The van der Waals surface area contributed by atoms with Crippen molar-refractivity contribution in [2.75, 3.05) is 13.1 Å². The molecule has 76 valence electrons. The molecule has 0 radical (unpaired) electrons. The smallest absolute Gasteiger partial charge is 0.0827 e. The molecule has 2 nitrogen and oxygen atoms in total. The Morgan fingerprint density at radius 1 is 1.23 bits per heavy atom. The van der Waals surface area contributed by atoms with Crippen LogP contribution in [-0.2, 0) is 4.74 Å². The van der Waals surface area contributed by atoms with Crippen molar-refractivity contribution in [2.24, 2.45) is 5.92 Å². The average molecular weight is 183 g/mol. The standard InChI is InChI=1S/C11H21NO/c1-2-9-4-3-5-10(6-9)13-11-7-12-8-11/h9-12H,2-8H2,1H3. The van der Waals surface area contributed by atoms with Gasteiger partial charge in [-0.15, -0.1) is 0 Å². The van der Waals surface area contributed by atoms with E-state index in [1.807, 2.05) is 0 Å². The molecule has 13 heavy (non-hydrogen) atoms. The minimum Gasteiger partial charge on any atom is -0.372 e. The Labute approximate surface area is 81.0 Å². The van der Waals surface area contributed by atoms with Gasteiger partial charge in [0.2, 0.25) is 0 Å². The summed E-state index contributed by atoms with van der Waals surface area (Å²) in [6.45, 7) is 4.46. The summed E-state index contributed by atoms with van der Waals surface area (Å²) in [6.07, 6.45) is 7.86. The minimum absolute atomic E-state index is 0.528. The van der Waals surface area contributed by atoms with Gasteiger partial charge in [0.05, 0.1) is 12.2 Å². The highest BCUT2D eigenvalue weighted by Gasteiger charge is 2.26. The highest BCUT2D eigenvalue weighted by atomic mass is 16.5. The predicted molar refractivity (Wildman–Crippen MR) is 53.8 cm³/mol. The predicted octanol–water partition coefficient (Wildman–Crippen LogP) is 1.94. The summed E-state index contributed by atoms with van der Waals surface area (Å²) < 4.78 is 6.00. The third kappa shape index (κ3) is 2.44. The highest BCUT2D eigenvalue weighted by Crippen LogP contribution is 2.29. The summed E-state index contributed by atoms with van der Waals surface area (Å²) >= 11 is 0. The van der Waals surface area contributed by atoms with Crippen molar-refractivity contribution < 1.29 is 4.74 Å². The van der Waals surface area contributed by atoms with Crippen molar-refractivity contribution >= 4 is 0 Å². The van der Waals surface area contributed by atoms with Gasteiger partial charge in [0, 0.05) is 13.1 Å². The molecule has 1 N–H and O–H groups in total. The van der Waals surface area contributed by atoms with Crippen LogP contribution in [-0.4, -0.2) is 25.3 Å². The molecule has 0 amide bonds. The van der Waals surface area contributed by atoms with Crippen LogP contribution in [0.1, 0.15) is 39.0 Å². The molecule has 2 rings (SSSR count). The Kier molecular flexibility index (Phi) is 3.23. The van der Waals surface area contributed by atoms with Gasteiger partial charge in [-0.2, -0.15) is 0 Å². The third-order valence-electron chi connectivity index (χ3n) is 3.44. The second-order valence-electron chi connectivity index (χ2n) is 4.48. The summed E-state index contributed by atoms with van der Waals surface area (Å²) in [5, 5.41) is 3.25. The Bertz CT molecular complexity index is 154. The molecule has 2 heteroatoms. The first-order valence-electron chi connectivity index (χ1n) is 5.74. The number of hydrogen-bond donors (Lipinski definition) is 1. The van der Waals surface area contributed by atoms with Gasteiger partial charge in [0.15, 0.2) is 0 Å². The molecule has 1 saturated heterocycles. The molecule has 2 atom stereocenters. The summed E-state index contributed by atoms with van der Waals surface area (Å²) in [5.41, 5.74) is 0. The molecule has 0 aromatic rings.